The molecule has 2 heterocycles. The van der Waals surface area contributed by atoms with Crippen molar-refractivity contribution in [2.75, 3.05) is 50.7 Å². The third kappa shape index (κ3) is 4.31. The minimum Gasteiger partial charge on any atom is -0.411 e. The van der Waals surface area contributed by atoms with Crippen molar-refractivity contribution in [3.05, 3.63) is 65.7 Å². The lowest BCUT2D eigenvalue weighted by atomic mass is 9.98. The van der Waals surface area contributed by atoms with Gasteiger partial charge in [-0.1, -0.05) is 47.6 Å². The minimum atomic E-state index is 0.731. The summed E-state index contributed by atoms with van der Waals surface area (Å²) in [5.74, 6) is 0. The summed E-state index contributed by atoms with van der Waals surface area (Å²) in [7, 11) is 0. The van der Waals surface area contributed by atoms with Gasteiger partial charge < -0.3 is 10.1 Å². The molecule has 0 unspecified atom stereocenters. The molecule has 2 aliphatic rings. The van der Waals surface area contributed by atoms with E-state index < -0.39 is 0 Å². The lowest BCUT2D eigenvalue weighted by molar-refractivity contribution is 0.223. The van der Waals surface area contributed by atoms with Gasteiger partial charge in [0, 0.05) is 57.1 Å². The van der Waals surface area contributed by atoms with Gasteiger partial charge in [-0.15, -0.1) is 0 Å². The van der Waals surface area contributed by atoms with Crippen LogP contribution in [0.3, 0.4) is 0 Å². The van der Waals surface area contributed by atoms with Gasteiger partial charge in [-0.3, -0.25) is 9.80 Å². The predicted octanol–water partition coefficient (Wildman–Crippen LogP) is 2.89. The molecule has 1 saturated heterocycles. The number of hydrogen-bond donors (Lipinski definition) is 1. The monoisotopic (exact) mass is 364 g/mol. The Hall–Kier alpha value is -2.37. The van der Waals surface area contributed by atoms with E-state index in [1.54, 1.807) is 0 Å². The van der Waals surface area contributed by atoms with Crippen molar-refractivity contribution >= 4 is 11.4 Å². The average Bonchev–Trinajstić information content (AvgIpc) is 2.74. The van der Waals surface area contributed by atoms with Crippen LogP contribution in [0, 0.1) is 0 Å². The maximum Gasteiger partial charge on any atom is 0.101 e. The molecule has 0 radical (unpaired) electrons. The van der Waals surface area contributed by atoms with Gasteiger partial charge >= 0.3 is 0 Å². The molecule has 0 aromatic heterocycles. The van der Waals surface area contributed by atoms with Crippen LogP contribution in [0.1, 0.15) is 17.5 Å². The molecule has 2 aromatic rings. The highest BCUT2D eigenvalue weighted by Gasteiger charge is 2.22. The van der Waals surface area contributed by atoms with Crippen LogP contribution in [-0.4, -0.2) is 66.5 Å². The molecular formula is C22H28N4O. The molecule has 0 saturated carbocycles. The number of anilines is 1. The van der Waals surface area contributed by atoms with E-state index in [1.807, 2.05) is 12.1 Å². The maximum atomic E-state index is 9.35. The fourth-order valence-electron chi connectivity index (χ4n) is 4.16. The Labute approximate surface area is 161 Å². The number of oxime groups is 1. The molecule has 1 N–H and O–H groups in total. The first kappa shape index (κ1) is 18.0. The van der Waals surface area contributed by atoms with Crippen molar-refractivity contribution in [3.63, 3.8) is 0 Å². The number of hydrogen-bond acceptors (Lipinski definition) is 5. The standard InChI is InChI=1S/C22H28N4O/c27-23-22-18-25(17-19-7-4-5-10-21(19)22)12-6-11-24-13-15-26(16-14-24)20-8-2-1-3-9-20/h1-5,7-10,27H,6,11-18H2/b23-22-. The molecule has 142 valence electrons. The smallest absolute Gasteiger partial charge is 0.101 e. The van der Waals surface area contributed by atoms with E-state index in [2.05, 4.69) is 62.3 Å². The van der Waals surface area contributed by atoms with Gasteiger partial charge in [-0.2, -0.15) is 0 Å². The van der Waals surface area contributed by atoms with Crippen LogP contribution in [0.2, 0.25) is 0 Å². The summed E-state index contributed by atoms with van der Waals surface area (Å²) in [6.45, 7) is 8.29. The Morgan fingerprint density at radius 1 is 0.778 bits per heavy atom. The molecule has 0 spiro atoms. The highest BCUT2D eigenvalue weighted by molar-refractivity contribution is 6.03. The maximum absolute atomic E-state index is 9.35. The second-order valence-electron chi connectivity index (χ2n) is 7.43. The molecule has 0 amide bonds. The summed E-state index contributed by atoms with van der Waals surface area (Å²) in [5, 5.41) is 12.9. The molecule has 2 aliphatic heterocycles. The second-order valence-corrected chi connectivity index (χ2v) is 7.43. The number of piperazine rings is 1. The normalized spacial score (nSPS) is 20.0. The van der Waals surface area contributed by atoms with Crippen LogP contribution in [-0.2, 0) is 6.54 Å². The van der Waals surface area contributed by atoms with E-state index >= 15 is 0 Å². The Morgan fingerprint density at radius 3 is 2.26 bits per heavy atom. The Kier molecular flexibility index (Phi) is 5.70. The Bertz CT molecular complexity index is 769. The van der Waals surface area contributed by atoms with E-state index in [4.69, 9.17) is 0 Å². The number of para-hydroxylation sites is 1. The number of fused-ring (bicyclic) bond motifs is 1. The fourth-order valence-corrected chi connectivity index (χ4v) is 4.16. The first-order valence-corrected chi connectivity index (χ1v) is 9.87. The lowest BCUT2D eigenvalue weighted by Crippen LogP contribution is -2.47. The quantitative estimate of drug-likeness (QED) is 0.654. The Morgan fingerprint density at radius 2 is 1.48 bits per heavy atom. The van der Waals surface area contributed by atoms with Crippen molar-refractivity contribution in [3.8, 4) is 0 Å². The molecule has 2 aromatic carbocycles. The second kappa shape index (κ2) is 8.55. The van der Waals surface area contributed by atoms with Gasteiger partial charge in [0.05, 0.1) is 0 Å². The van der Waals surface area contributed by atoms with Crippen LogP contribution >= 0.6 is 0 Å². The van der Waals surface area contributed by atoms with Crippen molar-refractivity contribution in [1.29, 1.82) is 0 Å². The Balaban J connectivity index is 1.23. The van der Waals surface area contributed by atoms with Gasteiger partial charge in [0.15, 0.2) is 0 Å². The zero-order chi connectivity index (χ0) is 18.5. The van der Waals surface area contributed by atoms with E-state index in [0.717, 1.165) is 70.1 Å². The lowest BCUT2D eigenvalue weighted by Gasteiger charge is -2.36. The number of benzene rings is 2. The van der Waals surface area contributed by atoms with Crippen LogP contribution in [0.25, 0.3) is 0 Å². The average molecular weight is 364 g/mol. The van der Waals surface area contributed by atoms with Crippen LogP contribution < -0.4 is 4.90 Å². The van der Waals surface area contributed by atoms with Crippen molar-refractivity contribution < 1.29 is 5.21 Å². The molecular weight excluding hydrogens is 336 g/mol. The third-order valence-electron chi connectivity index (χ3n) is 5.66. The largest absolute Gasteiger partial charge is 0.411 e. The van der Waals surface area contributed by atoms with E-state index in [0.29, 0.717) is 0 Å². The highest BCUT2D eigenvalue weighted by Crippen LogP contribution is 2.20. The summed E-state index contributed by atoms with van der Waals surface area (Å²) in [6, 6.07) is 19.0. The van der Waals surface area contributed by atoms with Crippen molar-refractivity contribution in [2.24, 2.45) is 5.16 Å². The van der Waals surface area contributed by atoms with Crippen LogP contribution in [0.15, 0.2) is 59.8 Å². The van der Waals surface area contributed by atoms with Gasteiger partial charge in [0.2, 0.25) is 0 Å². The molecule has 5 nitrogen and oxygen atoms in total. The fraction of sp³-hybridized carbons (Fsp3) is 0.409. The zero-order valence-electron chi connectivity index (χ0n) is 15.8. The first-order chi connectivity index (χ1) is 13.3. The summed E-state index contributed by atoms with van der Waals surface area (Å²) >= 11 is 0. The molecule has 4 rings (SSSR count). The minimum absolute atomic E-state index is 0.731. The van der Waals surface area contributed by atoms with E-state index in [1.165, 1.54) is 11.3 Å². The molecule has 1 fully saturated rings. The molecule has 0 aliphatic carbocycles. The first-order valence-electron chi connectivity index (χ1n) is 9.87. The van der Waals surface area contributed by atoms with E-state index in [-0.39, 0.29) is 0 Å². The van der Waals surface area contributed by atoms with E-state index in [9.17, 15) is 5.21 Å². The molecule has 5 heteroatoms. The summed E-state index contributed by atoms with van der Waals surface area (Å²) in [5.41, 5.74) is 4.47. The SMILES string of the molecule is O/N=C1/CN(CCCN2CCN(c3ccccc3)CC2)Cc2ccccc21. The summed E-state index contributed by atoms with van der Waals surface area (Å²) < 4.78 is 0. The van der Waals surface area contributed by atoms with Crippen molar-refractivity contribution in [1.82, 2.24) is 9.80 Å². The molecule has 27 heavy (non-hydrogen) atoms. The van der Waals surface area contributed by atoms with Gasteiger partial charge in [0.25, 0.3) is 0 Å². The topological polar surface area (TPSA) is 42.3 Å². The third-order valence-corrected chi connectivity index (χ3v) is 5.66. The highest BCUT2D eigenvalue weighted by atomic mass is 16.4. The van der Waals surface area contributed by atoms with Gasteiger partial charge in [-0.05, 0) is 30.7 Å². The van der Waals surface area contributed by atoms with Gasteiger partial charge in [0.1, 0.15) is 5.71 Å². The van der Waals surface area contributed by atoms with Gasteiger partial charge in [-0.25, -0.2) is 0 Å². The molecule has 0 atom stereocenters. The van der Waals surface area contributed by atoms with Crippen LogP contribution in [0.5, 0.6) is 0 Å². The predicted molar refractivity (Wildman–Crippen MR) is 110 cm³/mol. The van der Waals surface area contributed by atoms with Crippen molar-refractivity contribution in [2.45, 2.75) is 13.0 Å². The number of rotatable bonds is 5. The summed E-state index contributed by atoms with van der Waals surface area (Å²) in [4.78, 5) is 7.43. The molecule has 0 bridgehead atoms. The summed E-state index contributed by atoms with van der Waals surface area (Å²) in [6.07, 6.45) is 1.15. The van der Waals surface area contributed by atoms with Crippen LogP contribution in [0.4, 0.5) is 5.69 Å². The number of nitrogens with zero attached hydrogens (tertiary/aromatic N) is 4. The zero-order valence-corrected chi connectivity index (χ0v) is 15.8.